The van der Waals surface area contributed by atoms with Crippen LogP contribution in [0, 0.1) is 29.6 Å². The number of nitrogens with zero attached hydrogens (tertiary/aromatic N) is 2. The molecule has 2 aromatic heterocycles. The number of methoxy groups -OCH3 is 1. The minimum absolute atomic E-state index is 0.0298. The fourth-order valence-corrected chi connectivity index (χ4v) is 9.25. The van der Waals surface area contributed by atoms with E-state index in [1.165, 1.54) is 18.4 Å². The number of ether oxygens (including phenoxy) is 1. The molecule has 6 rings (SSSR count). The predicted octanol–water partition coefficient (Wildman–Crippen LogP) is 1.48. The van der Waals surface area contributed by atoms with Gasteiger partial charge in [0.25, 0.3) is 0 Å². The minimum atomic E-state index is -0.589. The number of aromatic nitrogens is 2. The van der Waals surface area contributed by atoms with E-state index in [9.17, 15) is 19.2 Å². The maximum absolute atomic E-state index is 13.2. The second-order valence-electron chi connectivity index (χ2n) is 8.59. The summed E-state index contributed by atoms with van der Waals surface area (Å²) in [6, 6.07) is 3.91. The molecule has 2 saturated carbocycles. The van der Waals surface area contributed by atoms with Gasteiger partial charge in [0.15, 0.2) is 0 Å². The quantitative estimate of drug-likeness (QED) is 0.549. The third kappa shape index (κ3) is 2.57. The second kappa shape index (κ2) is 6.77. The number of H-pyrrole nitrogens is 1. The molecule has 1 N–H and O–H groups in total. The van der Waals surface area contributed by atoms with E-state index < -0.39 is 17.8 Å². The number of thioether (sulfide) groups is 1. The summed E-state index contributed by atoms with van der Waals surface area (Å²) in [6.45, 7) is -0.324. The number of hydrogen-bond donors (Lipinski definition) is 1. The van der Waals surface area contributed by atoms with Crippen molar-refractivity contribution in [2.45, 2.75) is 22.6 Å². The van der Waals surface area contributed by atoms with Gasteiger partial charge in [-0.2, -0.15) is 0 Å². The lowest BCUT2D eigenvalue weighted by atomic mass is 9.68. The molecule has 2 aliphatic carbocycles. The van der Waals surface area contributed by atoms with E-state index in [0.29, 0.717) is 0 Å². The molecule has 160 valence electrons. The molecule has 2 aromatic rings. The fourth-order valence-electron chi connectivity index (χ4n) is 6.36. The van der Waals surface area contributed by atoms with Crippen LogP contribution in [0.4, 0.5) is 0 Å². The van der Waals surface area contributed by atoms with E-state index in [2.05, 4.69) is 14.7 Å². The van der Waals surface area contributed by atoms with E-state index in [4.69, 9.17) is 0 Å². The molecule has 2 aliphatic heterocycles. The van der Waals surface area contributed by atoms with Crippen molar-refractivity contribution in [1.29, 1.82) is 0 Å². The summed E-state index contributed by atoms with van der Waals surface area (Å²) in [4.78, 5) is 59.6. The lowest BCUT2D eigenvalue weighted by molar-refractivity contribution is -0.151. The number of imide groups is 1. The summed E-state index contributed by atoms with van der Waals surface area (Å²) < 4.78 is 4.68. The van der Waals surface area contributed by atoms with Crippen molar-refractivity contribution in [2.24, 2.45) is 29.6 Å². The summed E-state index contributed by atoms with van der Waals surface area (Å²) in [5.41, 5.74) is 1.03. The Morgan fingerprint density at radius 2 is 2.03 bits per heavy atom. The SMILES string of the molecule is COC(=O)CN1C(=O)[C@H]2[C@@H]3C[C@@H]([C@@H]2C1=O)[C@H]1[C@H](c2cccnc2)c2sc(=O)[nH]c2S[C@H]31. The maximum atomic E-state index is 13.2. The number of aromatic amines is 1. The third-order valence-electron chi connectivity index (χ3n) is 7.37. The lowest BCUT2D eigenvalue weighted by Gasteiger charge is -2.42. The topological polar surface area (TPSA) is 109 Å². The highest BCUT2D eigenvalue weighted by Crippen LogP contribution is 2.68. The minimum Gasteiger partial charge on any atom is -0.468 e. The molecular weight excluding hydrogens is 438 g/mol. The van der Waals surface area contributed by atoms with Gasteiger partial charge in [0.2, 0.25) is 11.8 Å². The normalized spacial score (nSPS) is 35.1. The first-order chi connectivity index (χ1) is 15.0. The Kier molecular flexibility index (Phi) is 4.20. The molecule has 8 nitrogen and oxygen atoms in total. The van der Waals surface area contributed by atoms with Gasteiger partial charge in [-0.05, 0) is 35.8 Å². The number of pyridine rings is 1. The van der Waals surface area contributed by atoms with Crippen molar-refractivity contribution in [3.63, 3.8) is 0 Å². The summed E-state index contributed by atoms with van der Waals surface area (Å²) in [7, 11) is 1.25. The van der Waals surface area contributed by atoms with Crippen LogP contribution >= 0.6 is 23.1 Å². The zero-order valence-corrected chi connectivity index (χ0v) is 18.2. The first-order valence-corrected chi connectivity index (χ1v) is 11.9. The molecule has 7 atom stereocenters. The molecule has 0 aromatic carbocycles. The van der Waals surface area contributed by atoms with Crippen LogP contribution in [0.15, 0.2) is 34.3 Å². The molecular formula is C21H19N3O5S2. The van der Waals surface area contributed by atoms with Crippen LogP contribution in [-0.4, -0.2) is 51.6 Å². The van der Waals surface area contributed by atoms with E-state index in [1.54, 1.807) is 18.0 Å². The van der Waals surface area contributed by atoms with Crippen molar-refractivity contribution in [1.82, 2.24) is 14.9 Å². The highest BCUT2D eigenvalue weighted by molar-refractivity contribution is 8.00. The number of hydrogen-bond acceptors (Lipinski definition) is 8. The highest BCUT2D eigenvalue weighted by atomic mass is 32.2. The number of likely N-dealkylation sites (tertiary alicyclic amines) is 1. The second-order valence-corrected chi connectivity index (χ2v) is 10.8. The van der Waals surface area contributed by atoms with Crippen molar-refractivity contribution in [3.05, 3.63) is 44.6 Å². The number of nitrogens with one attached hydrogen (secondary N) is 1. The van der Waals surface area contributed by atoms with Crippen LogP contribution in [0.1, 0.15) is 22.8 Å². The number of rotatable bonds is 3. The van der Waals surface area contributed by atoms with Gasteiger partial charge >= 0.3 is 10.8 Å². The van der Waals surface area contributed by atoms with Gasteiger partial charge in [-0.15, -0.1) is 11.8 Å². The number of amides is 2. The Bertz CT molecular complexity index is 1160. The Hall–Kier alpha value is -2.46. The highest BCUT2D eigenvalue weighted by Gasteiger charge is 2.69. The first-order valence-electron chi connectivity index (χ1n) is 10.2. The van der Waals surface area contributed by atoms with E-state index in [0.717, 1.165) is 26.8 Å². The zero-order chi connectivity index (χ0) is 21.4. The molecule has 3 fully saturated rings. The summed E-state index contributed by atoms with van der Waals surface area (Å²) >= 11 is 2.87. The maximum Gasteiger partial charge on any atom is 0.325 e. The van der Waals surface area contributed by atoms with Gasteiger partial charge in [0, 0.05) is 28.4 Å². The first kappa shape index (κ1) is 19.2. The summed E-state index contributed by atoms with van der Waals surface area (Å²) in [5.74, 6) is -1.72. The van der Waals surface area contributed by atoms with Gasteiger partial charge < -0.3 is 9.72 Å². The van der Waals surface area contributed by atoms with Crippen LogP contribution in [0.5, 0.6) is 0 Å². The molecule has 1 saturated heterocycles. The molecule has 31 heavy (non-hydrogen) atoms. The summed E-state index contributed by atoms with van der Waals surface area (Å²) in [5, 5.41) is 1.00. The van der Waals surface area contributed by atoms with Crippen molar-refractivity contribution in [3.8, 4) is 0 Å². The molecule has 0 spiro atoms. The van der Waals surface area contributed by atoms with E-state index in [1.807, 2.05) is 18.3 Å². The smallest absolute Gasteiger partial charge is 0.325 e. The summed E-state index contributed by atoms with van der Waals surface area (Å²) in [6.07, 6.45) is 4.37. The number of carbonyl (C=O) groups excluding carboxylic acids is 3. The molecule has 2 amide bonds. The number of carbonyl (C=O) groups is 3. The van der Waals surface area contributed by atoms with E-state index in [-0.39, 0.29) is 52.2 Å². The largest absolute Gasteiger partial charge is 0.468 e. The Morgan fingerprint density at radius 1 is 1.26 bits per heavy atom. The Morgan fingerprint density at radius 3 is 2.74 bits per heavy atom. The van der Waals surface area contributed by atoms with Gasteiger partial charge in [-0.1, -0.05) is 17.4 Å². The molecule has 0 unspecified atom stereocenters. The van der Waals surface area contributed by atoms with Gasteiger partial charge in [-0.3, -0.25) is 29.1 Å². The van der Waals surface area contributed by atoms with Gasteiger partial charge in [-0.25, -0.2) is 0 Å². The number of esters is 1. The van der Waals surface area contributed by atoms with Crippen LogP contribution in [0.2, 0.25) is 0 Å². The molecule has 4 heterocycles. The number of fused-ring (bicyclic) bond motifs is 9. The standard InChI is InChI=1S/C21H19N3O5S2/c1-29-11(25)7-24-19(26)14-9-5-10(15(14)20(24)27)16-13(9)12(8-3-2-4-22-6-8)17-18(30-16)23-21(28)31-17/h2-4,6,9-10,12-16H,5,7H2,1H3,(H,23,28)/t9-,10+,12+,13+,14+,15+,16-/m1/s1. The average Bonchev–Trinajstić information content (AvgIpc) is 3.49. The van der Waals surface area contributed by atoms with Crippen molar-refractivity contribution >= 4 is 40.9 Å². The lowest BCUT2D eigenvalue weighted by Crippen LogP contribution is -2.42. The fraction of sp³-hybridized carbons (Fsp3) is 0.476. The van der Waals surface area contributed by atoms with Gasteiger partial charge in [0.1, 0.15) is 6.54 Å². The third-order valence-corrected chi connectivity index (χ3v) is 9.96. The molecule has 10 heteroatoms. The van der Waals surface area contributed by atoms with Gasteiger partial charge in [0.05, 0.1) is 24.0 Å². The van der Waals surface area contributed by atoms with Crippen LogP contribution in [0.3, 0.4) is 0 Å². The van der Waals surface area contributed by atoms with Crippen LogP contribution in [0.25, 0.3) is 0 Å². The number of thiazole rings is 1. The van der Waals surface area contributed by atoms with Crippen molar-refractivity contribution < 1.29 is 19.1 Å². The molecule has 2 bridgehead atoms. The van der Waals surface area contributed by atoms with Crippen molar-refractivity contribution in [2.75, 3.05) is 13.7 Å². The molecule has 0 radical (unpaired) electrons. The Labute approximate surface area is 185 Å². The monoisotopic (exact) mass is 457 g/mol. The Balaban J connectivity index is 1.43. The average molecular weight is 458 g/mol. The zero-order valence-electron chi connectivity index (χ0n) is 16.5. The van der Waals surface area contributed by atoms with Crippen LogP contribution in [-0.2, 0) is 19.1 Å². The predicted molar refractivity (Wildman–Crippen MR) is 111 cm³/mol. The van der Waals surface area contributed by atoms with E-state index >= 15 is 0 Å². The molecule has 4 aliphatic rings. The van der Waals surface area contributed by atoms with Crippen LogP contribution < -0.4 is 4.87 Å².